The van der Waals surface area contributed by atoms with Crippen LogP contribution in [0, 0.1) is 0 Å². The molecule has 6 heteroatoms. The zero-order valence-electron chi connectivity index (χ0n) is 18.6. The Kier molecular flexibility index (Phi) is 7.02. The molecule has 0 radical (unpaired) electrons. The quantitative estimate of drug-likeness (QED) is 0.564. The molecule has 3 aromatic rings. The molecule has 1 fully saturated rings. The molecule has 0 N–H and O–H groups in total. The van der Waals surface area contributed by atoms with Crippen LogP contribution in [0.5, 0.6) is 11.5 Å². The van der Waals surface area contributed by atoms with E-state index in [4.69, 9.17) is 9.47 Å². The van der Waals surface area contributed by atoms with E-state index in [1.54, 1.807) is 20.2 Å². The minimum absolute atomic E-state index is 0.00984. The first kappa shape index (κ1) is 21.8. The molecule has 0 aliphatic carbocycles. The first-order chi connectivity index (χ1) is 15.6. The molecule has 1 amide bonds. The Hall–Kier alpha value is -3.38. The molecule has 1 aliphatic heterocycles. The Morgan fingerprint density at radius 2 is 1.88 bits per heavy atom. The summed E-state index contributed by atoms with van der Waals surface area (Å²) in [6.07, 6.45) is 3.58. The standard InChI is InChI=1S/C26H29N3O3/c1-20(30)29-15-14-28(18-25(29)22-9-11-24(31-2)12-10-22)17-23-7-3-4-8-26(23)32-19-21-6-5-13-27-16-21/h3-13,16,25H,14-15,17-19H2,1-2H3/t25-/m1/s1. The summed E-state index contributed by atoms with van der Waals surface area (Å²) in [4.78, 5) is 20.8. The van der Waals surface area contributed by atoms with Crippen molar-refractivity contribution in [3.8, 4) is 11.5 Å². The summed E-state index contributed by atoms with van der Waals surface area (Å²) < 4.78 is 11.4. The third-order valence-corrected chi connectivity index (χ3v) is 5.85. The van der Waals surface area contributed by atoms with Crippen molar-refractivity contribution in [1.29, 1.82) is 0 Å². The molecule has 4 rings (SSSR count). The summed E-state index contributed by atoms with van der Waals surface area (Å²) >= 11 is 0. The molecule has 32 heavy (non-hydrogen) atoms. The van der Waals surface area contributed by atoms with Gasteiger partial charge in [-0.2, -0.15) is 0 Å². The van der Waals surface area contributed by atoms with E-state index in [9.17, 15) is 4.79 Å². The van der Waals surface area contributed by atoms with Gasteiger partial charge in [-0.25, -0.2) is 0 Å². The maximum absolute atomic E-state index is 12.3. The summed E-state index contributed by atoms with van der Waals surface area (Å²) in [6.45, 7) is 5.18. The highest BCUT2D eigenvalue weighted by Gasteiger charge is 2.30. The molecule has 1 atom stereocenters. The molecule has 1 saturated heterocycles. The number of piperazine rings is 1. The Balaban J connectivity index is 1.48. The lowest BCUT2D eigenvalue weighted by molar-refractivity contribution is -0.134. The number of ether oxygens (including phenoxy) is 2. The maximum atomic E-state index is 12.3. The van der Waals surface area contributed by atoms with Crippen molar-refractivity contribution in [2.75, 3.05) is 26.7 Å². The number of pyridine rings is 1. The van der Waals surface area contributed by atoms with Crippen molar-refractivity contribution in [2.24, 2.45) is 0 Å². The van der Waals surface area contributed by atoms with Gasteiger partial charge in [-0.15, -0.1) is 0 Å². The predicted octanol–water partition coefficient (Wildman–Crippen LogP) is 4.07. The number of hydrogen-bond acceptors (Lipinski definition) is 5. The average Bonchev–Trinajstić information content (AvgIpc) is 2.84. The van der Waals surface area contributed by atoms with Gasteiger partial charge in [-0.3, -0.25) is 14.7 Å². The molecule has 0 bridgehead atoms. The predicted molar refractivity (Wildman–Crippen MR) is 123 cm³/mol. The number of nitrogens with zero attached hydrogens (tertiary/aromatic N) is 3. The largest absolute Gasteiger partial charge is 0.497 e. The van der Waals surface area contributed by atoms with Crippen molar-refractivity contribution in [1.82, 2.24) is 14.8 Å². The zero-order chi connectivity index (χ0) is 22.3. The molecule has 2 heterocycles. The van der Waals surface area contributed by atoms with E-state index < -0.39 is 0 Å². The average molecular weight is 432 g/mol. The second-order valence-corrected chi connectivity index (χ2v) is 7.99. The molecule has 0 unspecified atom stereocenters. The van der Waals surface area contributed by atoms with Crippen LogP contribution in [0.1, 0.15) is 29.7 Å². The third kappa shape index (κ3) is 5.26. The SMILES string of the molecule is COc1ccc([C@H]2CN(Cc3ccccc3OCc3cccnc3)CCN2C(C)=O)cc1. The van der Waals surface area contributed by atoms with Gasteiger partial charge in [0.15, 0.2) is 0 Å². The Morgan fingerprint density at radius 1 is 1.06 bits per heavy atom. The van der Waals surface area contributed by atoms with E-state index in [-0.39, 0.29) is 11.9 Å². The lowest BCUT2D eigenvalue weighted by Crippen LogP contribution is -2.49. The fourth-order valence-corrected chi connectivity index (χ4v) is 4.13. The third-order valence-electron chi connectivity index (χ3n) is 5.85. The second kappa shape index (κ2) is 10.3. The van der Waals surface area contributed by atoms with E-state index >= 15 is 0 Å². The molecule has 6 nitrogen and oxygen atoms in total. The Morgan fingerprint density at radius 3 is 2.59 bits per heavy atom. The van der Waals surface area contributed by atoms with Crippen molar-refractivity contribution in [3.63, 3.8) is 0 Å². The van der Waals surface area contributed by atoms with Crippen LogP contribution in [0.4, 0.5) is 0 Å². The highest BCUT2D eigenvalue weighted by atomic mass is 16.5. The van der Waals surface area contributed by atoms with Gasteiger partial charge < -0.3 is 14.4 Å². The fraction of sp³-hybridized carbons (Fsp3) is 0.308. The summed E-state index contributed by atoms with van der Waals surface area (Å²) in [5, 5.41) is 0. The summed E-state index contributed by atoms with van der Waals surface area (Å²) in [5.74, 6) is 1.80. The van der Waals surface area contributed by atoms with E-state index in [1.807, 2.05) is 65.7 Å². The van der Waals surface area contributed by atoms with E-state index in [0.717, 1.165) is 47.8 Å². The Bertz CT molecular complexity index is 1020. The topological polar surface area (TPSA) is 54.9 Å². The minimum Gasteiger partial charge on any atom is -0.497 e. The van der Waals surface area contributed by atoms with Crippen LogP contribution in [0.2, 0.25) is 0 Å². The minimum atomic E-state index is 0.00984. The van der Waals surface area contributed by atoms with Crippen molar-refractivity contribution in [2.45, 2.75) is 26.1 Å². The van der Waals surface area contributed by atoms with E-state index in [2.05, 4.69) is 16.0 Å². The number of para-hydroxylation sites is 1. The van der Waals surface area contributed by atoms with Gasteiger partial charge in [0, 0.05) is 56.6 Å². The molecule has 2 aromatic carbocycles. The molecular formula is C26H29N3O3. The summed E-state index contributed by atoms with van der Waals surface area (Å²) in [6, 6.07) is 20.1. The van der Waals surface area contributed by atoms with Gasteiger partial charge in [-0.05, 0) is 29.8 Å². The smallest absolute Gasteiger partial charge is 0.220 e. The van der Waals surface area contributed by atoms with Crippen LogP contribution in [-0.2, 0) is 17.9 Å². The molecule has 1 aliphatic rings. The van der Waals surface area contributed by atoms with Gasteiger partial charge in [-0.1, -0.05) is 36.4 Å². The molecular weight excluding hydrogens is 402 g/mol. The second-order valence-electron chi connectivity index (χ2n) is 7.99. The van der Waals surface area contributed by atoms with Crippen LogP contribution < -0.4 is 9.47 Å². The van der Waals surface area contributed by atoms with Crippen LogP contribution >= 0.6 is 0 Å². The number of amides is 1. The monoisotopic (exact) mass is 431 g/mol. The van der Waals surface area contributed by atoms with E-state index in [1.165, 1.54) is 0 Å². The van der Waals surface area contributed by atoms with Crippen molar-refractivity contribution >= 4 is 5.91 Å². The number of carbonyl (C=O) groups excluding carboxylic acids is 1. The number of carbonyl (C=O) groups is 1. The van der Waals surface area contributed by atoms with Gasteiger partial charge in [0.25, 0.3) is 0 Å². The summed E-state index contributed by atoms with van der Waals surface area (Å²) in [7, 11) is 1.66. The summed E-state index contributed by atoms with van der Waals surface area (Å²) in [5.41, 5.74) is 3.30. The first-order valence-electron chi connectivity index (χ1n) is 10.9. The normalized spacial score (nSPS) is 16.6. The van der Waals surface area contributed by atoms with Gasteiger partial charge >= 0.3 is 0 Å². The van der Waals surface area contributed by atoms with Crippen LogP contribution in [0.3, 0.4) is 0 Å². The van der Waals surface area contributed by atoms with Gasteiger partial charge in [0.2, 0.25) is 5.91 Å². The molecule has 0 saturated carbocycles. The highest BCUT2D eigenvalue weighted by Crippen LogP contribution is 2.29. The first-order valence-corrected chi connectivity index (χ1v) is 10.9. The van der Waals surface area contributed by atoms with Crippen LogP contribution in [0.25, 0.3) is 0 Å². The zero-order valence-corrected chi connectivity index (χ0v) is 18.6. The van der Waals surface area contributed by atoms with Gasteiger partial charge in [0.05, 0.1) is 13.2 Å². The van der Waals surface area contributed by atoms with E-state index in [0.29, 0.717) is 13.2 Å². The lowest BCUT2D eigenvalue weighted by atomic mass is 10.0. The highest BCUT2D eigenvalue weighted by molar-refractivity contribution is 5.74. The molecule has 1 aromatic heterocycles. The van der Waals surface area contributed by atoms with Crippen molar-refractivity contribution < 1.29 is 14.3 Å². The lowest BCUT2D eigenvalue weighted by Gasteiger charge is -2.41. The maximum Gasteiger partial charge on any atom is 0.220 e. The van der Waals surface area contributed by atoms with Crippen molar-refractivity contribution in [3.05, 3.63) is 89.7 Å². The number of rotatable bonds is 7. The number of benzene rings is 2. The fourth-order valence-electron chi connectivity index (χ4n) is 4.13. The number of methoxy groups -OCH3 is 1. The van der Waals surface area contributed by atoms with Crippen LogP contribution in [-0.4, -0.2) is 47.4 Å². The van der Waals surface area contributed by atoms with Gasteiger partial charge in [0.1, 0.15) is 18.1 Å². The number of aromatic nitrogens is 1. The van der Waals surface area contributed by atoms with Crippen LogP contribution in [0.15, 0.2) is 73.1 Å². The molecule has 166 valence electrons. The number of hydrogen-bond donors (Lipinski definition) is 0. The molecule has 0 spiro atoms. The Labute approximate surface area is 189 Å².